The summed E-state index contributed by atoms with van der Waals surface area (Å²) in [5.74, 6) is 3.01. The Morgan fingerprint density at radius 1 is 0.564 bits per heavy atom. The molecule has 5 rings (SSSR count). The molecule has 4 aromatic rings. The largest absolute Gasteiger partial charge is 0.530 e. The molecule has 1 aliphatic rings. The molecule has 0 aliphatic carbocycles. The SMILES string of the molecule is CCOP(OCC)Oc1c(C(C)(C)C)cc(C(C)(C)C)c(C)c1-c1c(C)c(C(C)(C)C)cc(C(C)(C)C)c1OP1Oc2ccccc2Cc2ccccc2O1. The summed E-state index contributed by atoms with van der Waals surface area (Å²) in [6.45, 7) is 36.5. The van der Waals surface area contributed by atoms with Crippen molar-refractivity contribution in [1.82, 2.24) is 0 Å². The van der Waals surface area contributed by atoms with Crippen LogP contribution in [0.25, 0.3) is 11.1 Å². The molecule has 0 fully saturated rings. The van der Waals surface area contributed by atoms with Crippen LogP contribution in [0.15, 0.2) is 60.7 Å². The third-order valence-electron chi connectivity index (χ3n) is 10.0. The summed E-state index contributed by atoms with van der Waals surface area (Å²) >= 11 is 0. The van der Waals surface area contributed by atoms with E-state index in [1.54, 1.807) is 0 Å². The minimum Gasteiger partial charge on any atom is -0.426 e. The lowest BCUT2D eigenvalue weighted by molar-refractivity contribution is 0.220. The molecule has 0 bridgehead atoms. The molecule has 1 heterocycles. The molecule has 8 heteroatoms. The molecule has 0 saturated carbocycles. The highest BCUT2D eigenvalue weighted by Gasteiger charge is 2.38. The van der Waals surface area contributed by atoms with E-state index in [4.69, 9.17) is 27.1 Å². The van der Waals surface area contributed by atoms with Gasteiger partial charge in [0.15, 0.2) is 0 Å². The molecule has 0 N–H and O–H groups in total. The molecule has 0 spiro atoms. The molecular weight excluding hydrogens is 722 g/mol. The summed E-state index contributed by atoms with van der Waals surface area (Å²) in [6, 6.07) is 21.0. The lowest BCUT2D eigenvalue weighted by Gasteiger charge is -2.36. The van der Waals surface area contributed by atoms with Crippen molar-refractivity contribution in [2.24, 2.45) is 0 Å². The lowest BCUT2D eigenvalue weighted by Crippen LogP contribution is -2.22. The fourth-order valence-corrected chi connectivity index (χ4v) is 9.40. The van der Waals surface area contributed by atoms with Crippen LogP contribution >= 0.6 is 17.2 Å². The van der Waals surface area contributed by atoms with Crippen molar-refractivity contribution in [2.75, 3.05) is 13.2 Å². The van der Waals surface area contributed by atoms with Crippen LogP contribution in [0.3, 0.4) is 0 Å². The Labute approximate surface area is 334 Å². The second-order valence-electron chi connectivity index (χ2n) is 18.6. The lowest BCUT2D eigenvalue weighted by atomic mass is 9.72. The Kier molecular flexibility index (Phi) is 12.8. The topological polar surface area (TPSA) is 55.4 Å². The van der Waals surface area contributed by atoms with Crippen LogP contribution in [0, 0.1) is 13.8 Å². The second kappa shape index (κ2) is 16.4. The van der Waals surface area contributed by atoms with E-state index in [0.29, 0.717) is 19.6 Å². The third kappa shape index (κ3) is 9.53. The predicted molar refractivity (Wildman–Crippen MR) is 231 cm³/mol. The van der Waals surface area contributed by atoms with Crippen molar-refractivity contribution in [3.05, 3.63) is 105 Å². The van der Waals surface area contributed by atoms with Crippen molar-refractivity contribution < 1.29 is 27.1 Å². The quantitative estimate of drug-likeness (QED) is 0.158. The summed E-state index contributed by atoms with van der Waals surface area (Å²) in [5.41, 5.74) is 10.0. The molecule has 55 heavy (non-hydrogen) atoms. The van der Waals surface area contributed by atoms with E-state index in [1.807, 2.05) is 38.1 Å². The van der Waals surface area contributed by atoms with Gasteiger partial charge in [-0.05, 0) is 94.9 Å². The average Bonchev–Trinajstić information content (AvgIpc) is 3.04. The number of fused-ring (bicyclic) bond motifs is 2. The Morgan fingerprint density at radius 2 is 0.945 bits per heavy atom. The zero-order valence-electron chi connectivity index (χ0n) is 36.2. The van der Waals surface area contributed by atoms with Gasteiger partial charge in [-0.1, -0.05) is 132 Å². The van der Waals surface area contributed by atoms with Crippen molar-refractivity contribution in [3.8, 4) is 34.1 Å². The zero-order valence-corrected chi connectivity index (χ0v) is 38.0. The van der Waals surface area contributed by atoms with Gasteiger partial charge in [-0.2, -0.15) is 0 Å². The average molecular weight is 787 g/mol. The first kappa shape index (κ1) is 43.0. The van der Waals surface area contributed by atoms with Gasteiger partial charge in [-0.3, -0.25) is 0 Å². The molecule has 0 radical (unpaired) electrons. The Hall–Kier alpha value is -3.14. The van der Waals surface area contributed by atoms with E-state index in [0.717, 1.165) is 67.5 Å². The number of hydrogen-bond donors (Lipinski definition) is 0. The van der Waals surface area contributed by atoms with Crippen molar-refractivity contribution >= 4 is 17.2 Å². The van der Waals surface area contributed by atoms with Crippen molar-refractivity contribution in [1.29, 1.82) is 0 Å². The van der Waals surface area contributed by atoms with Gasteiger partial charge in [-0.15, -0.1) is 0 Å². The van der Waals surface area contributed by atoms with Gasteiger partial charge in [0.1, 0.15) is 23.0 Å². The zero-order chi connectivity index (χ0) is 40.7. The van der Waals surface area contributed by atoms with E-state index >= 15 is 0 Å². The highest BCUT2D eigenvalue weighted by molar-refractivity contribution is 7.43. The van der Waals surface area contributed by atoms with E-state index in [9.17, 15) is 0 Å². The smallest absolute Gasteiger partial charge is 0.426 e. The van der Waals surface area contributed by atoms with Gasteiger partial charge in [0.2, 0.25) is 0 Å². The summed E-state index contributed by atoms with van der Waals surface area (Å²) in [4.78, 5) is 0. The van der Waals surface area contributed by atoms with Gasteiger partial charge < -0.3 is 27.1 Å². The predicted octanol–water partition coefficient (Wildman–Crippen LogP) is 14.5. The molecule has 0 atom stereocenters. The van der Waals surface area contributed by atoms with Gasteiger partial charge in [-0.25, -0.2) is 0 Å². The molecule has 0 amide bonds. The molecule has 298 valence electrons. The second-order valence-corrected chi connectivity index (χ2v) is 20.8. The van der Waals surface area contributed by atoms with Crippen LogP contribution in [0.4, 0.5) is 0 Å². The maximum atomic E-state index is 7.36. The number of para-hydroxylation sites is 2. The van der Waals surface area contributed by atoms with Gasteiger partial charge in [0.25, 0.3) is 0 Å². The number of hydrogen-bond acceptors (Lipinski definition) is 6. The van der Waals surface area contributed by atoms with Crippen molar-refractivity contribution in [2.45, 2.75) is 139 Å². The number of rotatable bonds is 9. The molecule has 0 unspecified atom stereocenters. The summed E-state index contributed by atoms with van der Waals surface area (Å²) in [7, 11) is -3.68. The van der Waals surface area contributed by atoms with Crippen LogP contribution < -0.4 is 18.1 Å². The first-order valence-electron chi connectivity index (χ1n) is 19.7. The highest BCUT2D eigenvalue weighted by atomic mass is 31.2. The van der Waals surface area contributed by atoms with Gasteiger partial charge in [0.05, 0.1) is 13.2 Å². The fourth-order valence-electron chi connectivity index (χ4n) is 7.33. The van der Waals surface area contributed by atoms with Crippen LogP contribution in [0.1, 0.15) is 141 Å². The maximum absolute atomic E-state index is 7.36. The van der Waals surface area contributed by atoms with E-state index in [-0.39, 0.29) is 21.7 Å². The van der Waals surface area contributed by atoms with Crippen LogP contribution in [0.5, 0.6) is 23.0 Å². The standard InChI is InChI=1S/C47H64O6P2/c1-17-48-54(49-18-2)52-42-36(46(11,12)13)28-34(44(5,6)7)30(3)40(42)41-31(4)35(45(8,9)10)29-37(47(14,15)16)43(41)53-55-50-38-25-21-19-23-32(38)27-33-24-20-22-26-39(33)51-55/h19-26,28-29H,17-18,27H2,1-16H3. The third-order valence-corrected chi connectivity index (χ3v) is 12.3. The molecule has 0 aromatic heterocycles. The van der Waals surface area contributed by atoms with E-state index in [1.165, 1.54) is 11.1 Å². The van der Waals surface area contributed by atoms with E-state index in [2.05, 4.69) is 133 Å². The van der Waals surface area contributed by atoms with Crippen LogP contribution in [0.2, 0.25) is 0 Å². The van der Waals surface area contributed by atoms with Crippen molar-refractivity contribution in [3.63, 3.8) is 0 Å². The highest BCUT2D eigenvalue weighted by Crippen LogP contribution is 2.58. The van der Waals surface area contributed by atoms with Gasteiger partial charge in [0, 0.05) is 28.7 Å². The minimum absolute atomic E-state index is 0.172. The van der Waals surface area contributed by atoms with Gasteiger partial charge >= 0.3 is 17.2 Å². The summed E-state index contributed by atoms with van der Waals surface area (Å²) in [5, 5.41) is 0. The van der Waals surface area contributed by atoms with Crippen LogP contribution in [-0.2, 0) is 37.1 Å². The molecule has 0 saturated heterocycles. The molecule has 1 aliphatic heterocycles. The Balaban J connectivity index is 1.95. The number of benzene rings is 4. The maximum Gasteiger partial charge on any atom is 0.530 e. The Morgan fingerprint density at radius 3 is 1.35 bits per heavy atom. The van der Waals surface area contributed by atoms with E-state index < -0.39 is 17.2 Å². The molecule has 4 aromatic carbocycles. The normalized spacial score (nSPS) is 14.1. The Bertz CT molecular complexity index is 1940. The molecule has 6 nitrogen and oxygen atoms in total. The summed E-state index contributed by atoms with van der Waals surface area (Å²) in [6.07, 6.45) is 0.700. The van der Waals surface area contributed by atoms with Crippen LogP contribution in [-0.4, -0.2) is 13.2 Å². The first-order valence-corrected chi connectivity index (χ1v) is 21.9. The minimum atomic E-state index is -1.98. The fraction of sp³-hybridized carbons (Fsp3) is 0.489. The monoisotopic (exact) mass is 786 g/mol. The molecular formula is C47H64O6P2. The summed E-state index contributed by atoms with van der Waals surface area (Å²) < 4.78 is 40.4. The first-order chi connectivity index (χ1) is 25.6.